The fourth-order valence-electron chi connectivity index (χ4n) is 1.52. The second-order valence-corrected chi connectivity index (χ2v) is 4.10. The molecule has 0 saturated heterocycles. The number of rotatable bonds is 3. The van der Waals surface area contributed by atoms with Gasteiger partial charge in [0.15, 0.2) is 0 Å². The number of methoxy groups -OCH3 is 1. The standard InChI is InChI=1S/C12H13N3O2/c1-17-9-4-2-3-8(7-13)10(9)15-11(16)12(14)5-6-12/h2-4H,5-6,14H2,1H3,(H,15,16). The van der Waals surface area contributed by atoms with E-state index in [1.807, 2.05) is 6.07 Å². The van der Waals surface area contributed by atoms with Gasteiger partial charge in [0.1, 0.15) is 17.5 Å². The van der Waals surface area contributed by atoms with Crippen LogP contribution in [0.4, 0.5) is 5.69 Å². The second-order valence-electron chi connectivity index (χ2n) is 4.10. The highest BCUT2D eigenvalue weighted by Crippen LogP contribution is 2.35. The van der Waals surface area contributed by atoms with Crippen LogP contribution in [0, 0.1) is 11.3 Å². The number of amides is 1. The van der Waals surface area contributed by atoms with Gasteiger partial charge in [0.05, 0.1) is 18.2 Å². The number of nitrogens with two attached hydrogens (primary N) is 1. The van der Waals surface area contributed by atoms with Crippen molar-refractivity contribution >= 4 is 11.6 Å². The molecule has 0 unspecified atom stereocenters. The van der Waals surface area contributed by atoms with E-state index in [0.717, 1.165) is 0 Å². The Morgan fingerprint density at radius 3 is 2.82 bits per heavy atom. The molecule has 88 valence electrons. The zero-order valence-electron chi connectivity index (χ0n) is 9.49. The Morgan fingerprint density at radius 2 is 2.29 bits per heavy atom. The molecule has 1 fully saturated rings. The number of ether oxygens (including phenoxy) is 1. The summed E-state index contributed by atoms with van der Waals surface area (Å²) in [6.45, 7) is 0. The van der Waals surface area contributed by atoms with Gasteiger partial charge in [-0.2, -0.15) is 5.26 Å². The predicted molar refractivity (Wildman–Crippen MR) is 62.5 cm³/mol. The number of benzene rings is 1. The van der Waals surface area contributed by atoms with E-state index in [1.54, 1.807) is 18.2 Å². The molecule has 1 aromatic carbocycles. The third-order valence-corrected chi connectivity index (χ3v) is 2.85. The van der Waals surface area contributed by atoms with Crippen molar-refractivity contribution in [3.63, 3.8) is 0 Å². The molecule has 3 N–H and O–H groups in total. The molecule has 1 aliphatic carbocycles. The number of para-hydroxylation sites is 1. The van der Waals surface area contributed by atoms with E-state index in [0.29, 0.717) is 29.8 Å². The first-order valence-corrected chi connectivity index (χ1v) is 5.28. The molecule has 5 heteroatoms. The monoisotopic (exact) mass is 231 g/mol. The van der Waals surface area contributed by atoms with Crippen molar-refractivity contribution in [3.05, 3.63) is 23.8 Å². The third kappa shape index (κ3) is 2.08. The van der Waals surface area contributed by atoms with Crippen molar-refractivity contribution in [1.29, 1.82) is 5.26 Å². The van der Waals surface area contributed by atoms with Gasteiger partial charge in [-0.25, -0.2) is 0 Å². The number of nitrogens with one attached hydrogen (secondary N) is 1. The summed E-state index contributed by atoms with van der Waals surface area (Å²) in [5, 5.41) is 11.7. The molecule has 0 heterocycles. The zero-order valence-corrected chi connectivity index (χ0v) is 9.49. The van der Waals surface area contributed by atoms with E-state index >= 15 is 0 Å². The fourth-order valence-corrected chi connectivity index (χ4v) is 1.52. The van der Waals surface area contributed by atoms with Crippen molar-refractivity contribution in [1.82, 2.24) is 0 Å². The lowest BCUT2D eigenvalue weighted by Gasteiger charge is -2.14. The van der Waals surface area contributed by atoms with Crippen molar-refractivity contribution in [3.8, 4) is 11.8 Å². The van der Waals surface area contributed by atoms with Crippen LogP contribution in [0.1, 0.15) is 18.4 Å². The van der Waals surface area contributed by atoms with Gasteiger partial charge in [-0.15, -0.1) is 0 Å². The smallest absolute Gasteiger partial charge is 0.244 e. The molecule has 0 bridgehead atoms. The summed E-state index contributed by atoms with van der Waals surface area (Å²) in [5.41, 5.74) is 5.77. The maximum absolute atomic E-state index is 11.8. The van der Waals surface area contributed by atoms with Crippen LogP contribution in [0.5, 0.6) is 5.75 Å². The third-order valence-electron chi connectivity index (χ3n) is 2.85. The van der Waals surface area contributed by atoms with Crippen LogP contribution in [0.2, 0.25) is 0 Å². The molecule has 0 aliphatic heterocycles. The topological polar surface area (TPSA) is 88.1 Å². The average Bonchev–Trinajstić information content (AvgIpc) is 3.09. The van der Waals surface area contributed by atoms with Crippen molar-refractivity contribution in [2.24, 2.45) is 5.73 Å². The quantitative estimate of drug-likeness (QED) is 0.812. The molecule has 0 spiro atoms. The number of carbonyl (C=O) groups excluding carboxylic acids is 1. The molecule has 1 aromatic rings. The van der Waals surface area contributed by atoms with E-state index in [2.05, 4.69) is 5.32 Å². The van der Waals surface area contributed by atoms with Gasteiger partial charge in [-0.1, -0.05) is 6.07 Å². The van der Waals surface area contributed by atoms with Crippen LogP contribution in [0.15, 0.2) is 18.2 Å². The highest BCUT2D eigenvalue weighted by atomic mass is 16.5. The lowest BCUT2D eigenvalue weighted by Crippen LogP contribution is -2.38. The SMILES string of the molecule is COc1cccc(C#N)c1NC(=O)C1(N)CC1. The van der Waals surface area contributed by atoms with E-state index in [-0.39, 0.29) is 5.91 Å². The molecule has 5 nitrogen and oxygen atoms in total. The average molecular weight is 231 g/mol. The van der Waals surface area contributed by atoms with Gasteiger partial charge in [0, 0.05) is 0 Å². The van der Waals surface area contributed by atoms with Crippen molar-refractivity contribution in [2.75, 3.05) is 12.4 Å². The Hall–Kier alpha value is -2.06. The zero-order chi connectivity index (χ0) is 12.5. The number of nitriles is 1. The van der Waals surface area contributed by atoms with Crippen LogP contribution in [0.25, 0.3) is 0 Å². The lowest BCUT2D eigenvalue weighted by molar-refractivity contribution is -0.118. The maximum Gasteiger partial charge on any atom is 0.244 e. The van der Waals surface area contributed by atoms with Crippen LogP contribution >= 0.6 is 0 Å². The van der Waals surface area contributed by atoms with Crippen molar-refractivity contribution in [2.45, 2.75) is 18.4 Å². The number of anilines is 1. The number of hydrogen-bond donors (Lipinski definition) is 2. The summed E-state index contributed by atoms with van der Waals surface area (Å²) in [5.74, 6) is 0.195. The van der Waals surface area contributed by atoms with E-state index in [4.69, 9.17) is 15.7 Å². The second kappa shape index (κ2) is 4.07. The Balaban J connectivity index is 2.31. The minimum absolute atomic E-state index is 0.265. The molecule has 0 atom stereocenters. The summed E-state index contributed by atoms with van der Waals surface area (Å²) in [6, 6.07) is 7.02. The summed E-state index contributed by atoms with van der Waals surface area (Å²) in [6.07, 6.45) is 1.35. The Labute approximate surface area is 99.2 Å². The molecule has 1 aliphatic rings. The minimum Gasteiger partial charge on any atom is -0.495 e. The Bertz CT molecular complexity index is 501. The number of carbonyl (C=O) groups is 1. The summed E-state index contributed by atoms with van der Waals surface area (Å²) in [4.78, 5) is 11.8. The predicted octanol–water partition coefficient (Wildman–Crippen LogP) is 0.997. The number of nitrogens with zero attached hydrogens (tertiary/aromatic N) is 1. The Kier molecular flexibility index (Phi) is 2.74. The van der Waals surface area contributed by atoms with Crippen LogP contribution < -0.4 is 15.8 Å². The first-order valence-electron chi connectivity index (χ1n) is 5.28. The van der Waals surface area contributed by atoms with Gasteiger partial charge >= 0.3 is 0 Å². The molecule has 1 saturated carbocycles. The Morgan fingerprint density at radius 1 is 1.59 bits per heavy atom. The van der Waals surface area contributed by atoms with Gasteiger partial charge in [-0.3, -0.25) is 4.79 Å². The highest BCUT2D eigenvalue weighted by molar-refractivity contribution is 6.01. The molecule has 0 aromatic heterocycles. The molecule has 0 radical (unpaired) electrons. The summed E-state index contributed by atoms with van der Waals surface area (Å²) >= 11 is 0. The number of hydrogen-bond acceptors (Lipinski definition) is 4. The summed E-state index contributed by atoms with van der Waals surface area (Å²) in [7, 11) is 1.49. The van der Waals surface area contributed by atoms with E-state index in [1.165, 1.54) is 7.11 Å². The molecule has 1 amide bonds. The molecule has 2 rings (SSSR count). The fraction of sp³-hybridized carbons (Fsp3) is 0.333. The summed E-state index contributed by atoms with van der Waals surface area (Å²) < 4.78 is 5.12. The highest BCUT2D eigenvalue weighted by Gasteiger charge is 2.46. The molecule has 17 heavy (non-hydrogen) atoms. The van der Waals surface area contributed by atoms with E-state index in [9.17, 15) is 4.79 Å². The molecular formula is C12H13N3O2. The van der Waals surface area contributed by atoms with Crippen LogP contribution in [0.3, 0.4) is 0 Å². The van der Waals surface area contributed by atoms with Gasteiger partial charge in [0.2, 0.25) is 5.91 Å². The van der Waals surface area contributed by atoms with Gasteiger partial charge in [0.25, 0.3) is 0 Å². The first kappa shape index (κ1) is 11.4. The lowest BCUT2D eigenvalue weighted by atomic mass is 10.1. The van der Waals surface area contributed by atoms with Crippen LogP contribution in [-0.2, 0) is 4.79 Å². The normalized spacial score (nSPS) is 15.8. The van der Waals surface area contributed by atoms with E-state index < -0.39 is 5.54 Å². The molecular weight excluding hydrogens is 218 g/mol. The largest absolute Gasteiger partial charge is 0.495 e. The maximum atomic E-state index is 11.8. The first-order chi connectivity index (χ1) is 8.10. The minimum atomic E-state index is -0.770. The van der Waals surface area contributed by atoms with Gasteiger partial charge < -0.3 is 15.8 Å². The van der Waals surface area contributed by atoms with Gasteiger partial charge in [-0.05, 0) is 25.0 Å². The van der Waals surface area contributed by atoms with Crippen molar-refractivity contribution < 1.29 is 9.53 Å². The van der Waals surface area contributed by atoms with Crippen LogP contribution in [-0.4, -0.2) is 18.6 Å².